The predicted octanol–water partition coefficient (Wildman–Crippen LogP) is 1.04. The lowest BCUT2D eigenvalue weighted by Gasteiger charge is -2.24. The Balaban J connectivity index is 4.06. The van der Waals surface area contributed by atoms with Crippen LogP contribution in [0.2, 0.25) is 0 Å². The molecule has 0 bridgehead atoms. The summed E-state index contributed by atoms with van der Waals surface area (Å²) in [5, 5.41) is 8.68. The molecule has 0 rings (SSSR count). The maximum atomic E-state index is 11.8. The summed E-state index contributed by atoms with van der Waals surface area (Å²) in [4.78, 5) is 23.5. The van der Waals surface area contributed by atoms with E-state index in [9.17, 15) is 9.59 Å². The molecule has 0 saturated carbocycles. The van der Waals surface area contributed by atoms with E-state index in [1.165, 1.54) is 0 Å². The van der Waals surface area contributed by atoms with Crippen LogP contribution in [0.25, 0.3) is 0 Å². The van der Waals surface area contributed by atoms with E-state index in [0.29, 0.717) is 5.92 Å². The molecule has 3 N–H and O–H groups in total. The lowest BCUT2D eigenvalue weighted by atomic mass is 10.1. The van der Waals surface area contributed by atoms with Crippen LogP contribution < -0.4 is 16.0 Å². The molecule has 5 nitrogen and oxygen atoms in total. The van der Waals surface area contributed by atoms with Crippen LogP contribution in [0.15, 0.2) is 0 Å². The molecule has 2 amide bonds. The van der Waals surface area contributed by atoms with Gasteiger partial charge in [-0.3, -0.25) is 14.9 Å². The molecule has 0 aliphatic heterocycles. The van der Waals surface area contributed by atoms with Gasteiger partial charge in [-0.2, -0.15) is 0 Å². The number of amides is 2. The van der Waals surface area contributed by atoms with Gasteiger partial charge in [-0.25, -0.2) is 0 Å². The van der Waals surface area contributed by atoms with Gasteiger partial charge in [0.25, 0.3) is 0 Å². The summed E-state index contributed by atoms with van der Waals surface area (Å²) in [6.07, 6.45) is 0. The second-order valence-corrected chi connectivity index (χ2v) is 6.44. The molecule has 0 spiro atoms. The standard InChI is InChI=1S/C14H29N3O2/c1-9(2)10(3)16-12(18)8-15-11(4)13(19)17-14(5,6)7/h9-11,15H,8H2,1-7H3,(H,16,18)(H,17,19). The Bertz CT molecular complexity index is 308. The van der Waals surface area contributed by atoms with E-state index >= 15 is 0 Å². The van der Waals surface area contributed by atoms with Crippen LogP contribution in [0.3, 0.4) is 0 Å². The second kappa shape index (κ2) is 7.48. The minimum absolute atomic E-state index is 0.0865. The van der Waals surface area contributed by atoms with Gasteiger partial charge in [-0.15, -0.1) is 0 Å². The molecule has 0 aromatic carbocycles. The van der Waals surface area contributed by atoms with E-state index in [2.05, 4.69) is 29.8 Å². The minimum atomic E-state index is -0.390. The first kappa shape index (κ1) is 17.9. The first-order chi connectivity index (χ1) is 8.53. The van der Waals surface area contributed by atoms with E-state index in [1.54, 1.807) is 6.92 Å². The topological polar surface area (TPSA) is 70.2 Å². The van der Waals surface area contributed by atoms with E-state index in [0.717, 1.165) is 0 Å². The summed E-state index contributed by atoms with van der Waals surface area (Å²) in [6, 6.07) is -0.257. The van der Waals surface area contributed by atoms with Crippen molar-refractivity contribution in [3.63, 3.8) is 0 Å². The number of hydrogen-bond acceptors (Lipinski definition) is 3. The Labute approximate surface area is 116 Å². The van der Waals surface area contributed by atoms with Crippen molar-refractivity contribution >= 4 is 11.8 Å². The van der Waals surface area contributed by atoms with E-state index in [1.807, 2.05) is 27.7 Å². The third kappa shape index (κ3) is 8.59. The average Bonchev–Trinajstić information content (AvgIpc) is 2.23. The van der Waals surface area contributed by atoms with Crippen molar-refractivity contribution in [1.82, 2.24) is 16.0 Å². The minimum Gasteiger partial charge on any atom is -0.352 e. The van der Waals surface area contributed by atoms with Crippen LogP contribution in [-0.2, 0) is 9.59 Å². The van der Waals surface area contributed by atoms with Crippen molar-refractivity contribution < 1.29 is 9.59 Å². The normalized spacial score (nSPS) is 14.9. The summed E-state index contributed by atoms with van der Waals surface area (Å²) in [6.45, 7) is 13.8. The molecule has 0 radical (unpaired) electrons. The zero-order chi connectivity index (χ0) is 15.2. The first-order valence-electron chi connectivity index (χ1n) is 6.87. The molecule has 0 saturated heterocycles. The van der Waals surface area contributed by atoms with Gasteiger partial charge < -0.3 is 10.6 Å². The monoisotopic (exact) mass is 271 g/mol. The van der Waals surface area contributed by atoms with Crippen molar-refractivity contribution in [1.29, 1.82) is 0 Å². The van der Waals surface area contributed by atoms with Crippen LogP contribution >= 0.6 is 0 Å². The highest BCUT2D eigenvalue weighted by Gasteiger charge is 2.19. The highest BCUT2D eigenvalue weighted by molar-refractivity contribution is 5.83. The fourth-order valence-electron chi connectivity index (χ4n) is 1.29. The molecule has 19 heavy (non-hydrogen) atoms. The van der Waals surface area contributed by atoms with Crippen LogP contribution in [0, 0.1) is 5.92 Å². The molecular weight excluding hydrogens is 242 g/mol. The van der Waals surface area contributed by atoms with Gasteiger partial charge in [0.15, 0.2) is 0 Å². The Hall–Kier alpha value is -1.10. The molecule has 0 aliphatic carbocycles. The zero-order valence-electron chi connectivity index (χ0n) is 13.3. The van der Waals surface area contributed by atoms with Crippen molar-refractivity contribution in [2.24, 2.45) is 5.92 Å². The summed E-state index contributed by atoms with van der Waals surface area (Å²) >= 11 is 0. The summed E-state index contributed by atoms with van der Waals surface area (Å²) in [5.74, 6) is 0.208. The third-order valence-electron chi connectivity index (χ3n) is 2.85. The maximum Gasteiger partial charge on any atom is 0.237 e. The molecule has 5 heteroatoms. The lowest BCUT2D eigenvalue weighted by molar-refractivity contribution is -0.124. The maximum absolute atomic E-state index is 11.8. The number of rotatable bonds is 6. The molecule has 0 aromatic heterocycles. The van der Waals surface area contributed by atoms with Gasteiger partial charge in [-0.1, -0.05) is 13.8 Å². The smallest absolute Gasteiger partial charge is 0.237 e. The molecule has 0 aliphatic rings. The van der Waals surface area contributed by atoms with Gasteiger partial charge in [0, 0.05) is 11.6 Å². The molecule has 0 fully saturated rings. The lowest BCUT2D eigenvalue weighted by Crippen LogP contribution is -2.51. The van der Waals surface area contributed by atoms with Gasteiger partial charge in [-0.05, 0) is 40.5 Å². The molecule has 112 valence electrons. The Morgan fingerprint density at radius 3 is 2.00 bits per heavy atom. The SMILES string of the molecule is CC(NCC(=O)NC(C)C(C)C)C(=O)NC(C)(C)C. The van der Waals surface area contributed by atoms with Crippen LogP contribution in [0.4, 0.5) is 0 Å². The number of nitrogens with one attached hydrogen (secondary N) is 3. The average molecular weight is 271 g/mol. The molecule has 2 unspecified atom stereocenters. The summed E-state index contributed by atoms with van der Waals surface area (Å²) in [7, 11) is 0. The van der Waals surface area contributed by atoms with E-state index in [4.69, 9.17) is 0 Å². The van der Waals surface area contributed by atoms with Crippen LogP contribution in [0.1, 0.15) is 48.5 Å². The van der Waals surface area contributed by atoms with Gasteiger partial charge >= 0.3 is 0 Å². The Morgan fingerprint density at radius 1 is 1.05 bits per heavy atom. The highest BCUT2D eigenvalue weighted by Crippen LogP contribution is 2.00. The third-order valence-corrected chi connectivity index (χ3v) is 2.85. The quantitative estimate of drug-likeness (QED) is 0.676. The predicted molar refractivity (Wildman–Crippen MR) is 77.8 cm³/mol. The van der Waals surface area contributed by atoms with E-state index < -0.39 is 0 Å². The van der Waals surface area contributed by atoms with Crippen molar-refractivity contribution in [2.75, 3.05) is 6.54 Å². The second-order valence-electron chi connectivity index (χ2n) is 6.44. The largest absolute Gasteiger partial charge is 0.352 e. The molecular formula is C14H29N3O2. The number of carbonyl (C=O) groups excluding carboxylic acids is 2. The van der Waals surface area contributed by atoms with Crippen LogP contribution in [0.5, 0.6) is 0 Å². The molecule has 2 atom stereocenters. The van der Waals surface area contributed by atoms with Gasteiger partial charge in [0.05, 0.1) is 12.6 Å². The fourth-order valence-corrected chi connectivity index (χ4v) is 1.29. The van der Waals surface area contributed by atoms with E-state index in [-0.39, 0.29) is 36.0 Å². The number of carbonyl (C=O) groups is 2. The first-order valence-corrected chi connectivity index (χ1v) is 6.87. The highest BCUT2D eigenvalue weighted by atomic mass is 16.2. The molecule has 0 aromatic rings. The summed E-state index contributed by atoms with van der Waals surface area (Å²) in [5.41, 5.74) is -0.262. The van der Waals surface area contributed by atoms with Crippen molar-refractivity contribution in [3.8, 4) is 0 Å². The zero-order valence-corrected chi connectivity index (χ0v) is 13.3. The van der Waals surface area contributed by atoms with Crippen LogP contribution in [-0.4, -0.2) is 36.0 Å². The number of hydrogen-bond donors (Lipinski definition) is 3. The summed E-state index contributed by atoms with van der Waals surface area (Å²) < 4.78 is 0. The Morgan fingerprint density at radius 2 is 1.58 bits per heavy atom. The van der Waals surface area contributed by atoms with Gasteiger partial charge in [0.2, 0.25) is 11.8 Å². The van der Waals surface area contributed by atoms with Crippen molar-refractivity contribution in [3.05, 3.63) is 0 Å². The fraction of sp³-hybridized carbons (Fsp3) is 0.857. The van der Waals surface area contributed by atoms with Gasteiger partial charge in [0.1, 0.15) is 0 Å². The Kier molecular flexibility index (Phi) is 7.05. The molecule has 0 heterocycles. The van der Waals surface area contributed by atoms with Crippen molar-refractivity contribution in [2.45, 2.75) is 66.1 Å².